The van der Waals surface area contributed by atoms with Crippen molar-refractivity contribution in [1.29, 1.82) is 0 Å². The summed E-state index contributed by atoms with van der Waals surface area (Å²) in [6.45, 7) is -1.17. The molecule has 14 heteroatoms. The van der Waals surface area contributed by atoms with Gasteiger partial charge in [0, 0.05) is 38.3 Å². The van der Waals surface area contributed by atoms with E-state index in [0.29, 0.717) is 22.9 Å². The molecule has 1 aromatic heterocycles. The predicted octanol–water partition coefficient (Wildman–Crippen LogP) is 3.96. The molecule has 0 fully saturated rings. The lowest BCUT2D eigenvalue weighted by molar-refractivity contribution is -0.127. The summed E-state index contributed by atoms with van der Waals surface area (Å²) in [6, 6.07) is 36.5. The summed E-state index contributed by atoms with van der Waals surface area (Å²) >= 11 is 0. The largest absolute Gasteiger partial charge is 0.497 e. The van der Waals surface area contributed by atoms with E-state index in [1.165, 1.54) is 9.80 Å². The van der Waals surface area contributed by atoms with Crippen molar-refractivity contribution < 1.29 is 28.7 Å². The van der Waals surface area contributed by atoms with Crippen LogP contribution >= 0.6 is 0 Å². The summed E-state index contributed by atoms with van der Waals surface area (Å²) in [5, 5.41) is 5.59. The molecule has 0 radical (unpaired) electrons. The van der Waals surface area contributed by atoms with Gasteiger partial charge in [-0.2, -0.15) is 0 Å². The van der Waals surface area contributed by atoms with E-state index < -0.39 is 59.9 Å². The first kappa shape index (κ1) is 42.1. The number of carbonyl (C=O) groups excluding carboxylic acids is 4. The minimum atomic E-state index is -1.05. The number of carbonyl (C=O) groups is 4. The van der Waals surface area contributed by atoms with Gasteiger partial charge >= 0.3 is 11.1 Å². The molecule has 60 heavy (non-hydrogen) atoms. The van der Waals surface area contributed by atoms with E-state index in [-0.39, 0.29) is 23.9 Å². The first-order valence-electron chi connectivity index (χ1n) is 19.2. The molecule has 6 aromatic rings. The van der Waals surface area contributed by atoms with Gasteiger partial charge in [-0.15, -0.1) is 0 Å². The van der Waals surface area contributed by atoms with Crippen LogP contribution in [0.5, 0.6) is 11.5 Å². The average molecular weight is 811 g/mol. The van der Waals surface area contributed by atoms with Crippen molar-refractivity contribution in [2.24, 2.45) is 0 Å². The maximum absolute atomic E-state index is 13.9. The highest BCUT2D eigenvalue weighted by molar-refractivity contribution is 6.00. The zero-order valence-corrected chi connectivity index (χ0v) is 33.7. The van der Waals surface area contributed by atoms with Crippen molar-refractivity contribution in [2.45, 2.75) is 38.0 Å². The number of aromatic nitrogens is 2. The summed E-state index contributed by atoms with van der Waals surface area (Å²) in [5.74, 6) is -0.948. The van der Waals surface area contributed by atoms with E-state index in [0.717, 1.165) is 20.3 Å². The second kappa shape index (κ2) is 19.3. The quantitative estimate of drug-likeness (QED) is 0.139. The van der Waals surface area contributed by atoms with E-state index in [1.807, 2.05) is 60.7 Å². The van der Waals surface area contributed by atoms with E-state index in [9.17, 15) is 28.8 Å². The van der Waals surface area contributed by atoms with Crippen LogP contribution in [0.15, 0.2) is 143 Å². The third kappa shape index (κ3) is 9.96. The van der Waals surface area contributed by atoms with Gasteiger partial charge in [0.05, 0.1) is 25.3 Å². The van der Waals surface area contributed by atoms with Crippen molar-refractivity contribution in [1.82, 2.24) is 19.8 Å². The number of ether oxygens (including phenoxy) is 2. The van der Waals surface area contributed by atoms with Crippen LogP contribution in [-0.4, -0.2) is 73.2 Å². The molecule has 0 bridgehead atoms. The Morgan fingerprint density at radius 3 is 1.18 bits per heavy atom. The molecule has 4 amide bonds. The number of para-hydroxylation sites is 2. The Labute approximate surface area is 346 Å². The highest BCUT2D eigenvalue weighted by atomic mass is 16.5. The third-order valence-corrected chi connectivity index (χ3v) is 10.2. The van der Waals surface area contributed by atoms with Crippen molar-refractivity contribution >= 4 is 46.0 Å². The van der Waals surface area contributed by atoms with Gasteiger partial charge in [0.25, 0.3) is 0 Å². The Bertz CT molecular complexity index is 2400. The molecule has 0 spiro atoms. The maximum atomic E-state index is 13.9. The number of nitrogens with one attached hydrogen (secondary N) is 2. The van der Waals surface area contributed by atoms with Gasteiger partial charge in [-0.05, 0) is 71.8 Å². The fourth-order valence-electron chi connectivity index (χ4n) is 6.88. The molecule has 1 unspecified atom stereocenters. The van der Waals surface area contributed by atoms with Crippen LogP contribution in [0.2, 0.25) is 0 Å². The zero-order chi connectivity index (χ0) is 42.8. The van der Waals surface area contributed by atoms with Crippen molar-refractivity contribution in [3.63, 3.8) is 0 Å². The summed E-state index contributed by atoms with van der Waals surface area (Å²) < 4.78 is 12.5. The fraction of sp³-hybridized carbons (Fsp3) is 0.217. The molecule has 0 saturated heterocycles. The Morgan fingerprint density at radius 1 is 0.517 bits per heavy atom. The molecule has 5 aromatic carbocycles. The summed E-state index contributed by atoms with van der Waals surface area (Å²) in [4.78, 5) is 85.9. The monoisotopic (exact) mass is 810 g/mol. The van der Waals surface area contributed by atoms with E-state index in [2.05, 4.69) is 10.6 Å². The average Bonchev–Trinajstić information content (AvgIpc) is 3.28. The SMILES string of the molecule is COc1ccc(N(C)C(=O)C(Cc2ccccc2)NC(=O)Cn2c(=O)c(=O)n(CC(=O)N[C@@H](Cc3ccccc3)C(=O)N(C)c3ccc(OC)cc3)c3ccccc32)cc1. The minimum Gasteiger partial charge on any atom is -0.497 e. The second-order valence-electron chi connectivity index (χ2n) is 14.1. The predicted molar refractivity (Wildman–Crippen MR) is 229 cm³/mol. The van der Waals surface area contributed by atoms with Crippen LogP contribution in [0.25, 0.3) is 11.0 Å². The number of benzene rings is 5. The number of anilines is 2. The number of amides is 4. The van der Waals surface area contributed by atoms with Crippen molar-refractivity contribution in [3.8, 4) is 11.5 Å². The van der Waals surface area contributed by atoms with Crippen LogP contribution in [0.1, 0.15) is 11.1 Å². The molecule has 2 N–H and O–H groups in total. The number of rotatable bonds is 16. The summed E-state index contributed by atoms with van der Waals surface area (Å²) in [5.41, 5.74) is 1.06. The van der Waals surface area contributed by atoms with E-state index in [4.69, 9.17) is 9.47 Å². The zero-order valence-electron chi connectivity index (χ0n) is 33.7. The summed E-state index contributed by atoms with van der Waals surface area (Å²) in [6.07, 6.45) is 0.309. The number of hydrogen-bond donors (Lipinski definition) is 2. The standard InChI is InChI=1S/C46H46N6O8/c1-49(33-19-23-35(59-3)24-20-33)43(55)37(27-31-13-7-5-8-14-31)47-41(53)29-51-39-17-11-12-18-40(39)52(46(58)45(51)57)30-42(54)48-38(28-32-15-9-6-10-16-32)44(56)50(2)34-21-25-36(60-4)26-22-34/h5-26,37-38H,27-30H2,1-4H3,(H,47,53)(H,48,54)/t37-,38?/m0/s1. The fourth-order valence-corrected chi connectivity index (χ4v) is 6.88. The minimum absolute atomic E-state index is 0.155. The third-order valence-electron chi connectivity index (χ3n) is 10.2. The molecular weight excluding hydrogens is 765 g/mol. The van der Waals surface area contributed by atoms with Crippen LogP contribution < -0.4 is 41.0 Å². The lowest BCUT2D eigenvalue weighted by atomic mass is 10.0. The van der Waals surface area contributed by atoms with E-state index in [1.54, 1.807) is 101 Å². The van der Waals surface area contributed by atoms with Crippen LogP contribution in [0.4, 0.5) is 11.4 Å². The number of hydrogen-bond acceptors (Lipinski definition) is 8. The van der Waals surface area contributed by atoms with Crippen LogP contribution in [0, 0.1) is 0 Å². The highest BCUT2D eigenvalue weighted by Crippen LogP contribution is 2.21. The lowest BCUT2D eigenvalue weighted by Gasteiger charge is -2.26. The van der Waals surface area contributed by atoms with Crippen LogP contribution in [0.3, 0.4) is 0 Å². The van der Waals surface area contributed by atoms with Crippen molar-refractivity contribution in [2.75, 3.05) is 38.1 Å². The van der Waals surface area contributed by atoms with Crippen LogP contribution in [-0.2, 0) is 45.1 Å². The molecule has 6 rings (SSSR count). The maximum Gasteiger partial charge on any atom is 0.317 e. The lowest BCUT2D eigenvalue weighted by Crippen LogP contribution is -2.52. The molecule has 0 aliphatic rings. The molecule has 308 valence electrons. The Hall–Kier alpha value is -7.48. The van der Waals surface area contributed by atoms with Gasteiger partial charge < -0.3 is 29.9 Å². The molecule has 2 atom stereocenters. The molecule has 14 nitrogen and oxygen atoms in total. The van der Waals surface area contributed by atoms with E-state index >= 15 is 0 Å². The normalized spacial score (nSPS) is 11.9. The Morgan fingerprint density at radius 2 is 0.850 bits per heavy atom. The van der Waals surface area contributed by atoms with Gasteiger partial charge in [-0.3, -0.25) is 37.9 Å². The molecule has 0 aliphatic carbocycles. The first-order chi connectivity index (χ1) is 29.0. The highest BCUT2D eigenvalue weighted by Gasteiger charge is 2.28. The number of fused-ring (bicyclic) bond motifs is 1. The molecule has 0 aliphatic heterocycles. The topological polar surface area (TPSA) is 161 Å². The van der Waals surface area contributed by atoms with Crippen molar-refractivity contribution in [3.05, 3.63) is 165 Å². The van der Waals surface area contributed by atoms with Gasteiger partial charge in [0.2, 0.25) is 23.6 Å². The van der Waals surface area contributed by atoms with Gasteiger partial charge in [-0.1, -0.05) is 72.8 Å². The molecule has 0 saturated carbocycles. The van der Waals surface area contributed by atoms with Gasteiger partial charge in [0.1, 0.15) is 36.7 Å². The molecule has 1 heterocycles. The first-order valence-corrected chi connectivity index (χ1v) is 19.2. The molecular formula is C46H46N6O8. The number of likely N-dealkylation sites (N-methyl/N-ethyl adjacent to an activating group) is 2. The second-order valence-corrected chi connectivity index (χ2v) is 14.1. The number of nitrogens with zero attached hydrogens (tertiary/aromatic N) is 4. The van der Waals surface area contributed by atoms with Gasteiger partial charge in [-0.25, -0.2) is 0 Å². The smallest absolute Gasteiger partial charge is 0.317 e. The van der Waals surface area contributed by atoms with Gasteiger partial charge in [0.15, 0.2) is 0 Å². The Kier molecular flexibility index (Phi) is 13.6. The Balaban J connectivity index is 1.24. The number of methoxy groups -OCH3 is 2. The summed E-state index contributed by atoms with van der Waals surface area (Å²) in [7, 11) is 6.28.